The quantitative estimate of drug-likeness (QED) is 0.841. The fraction of sp³-hybridized carbons (Fsp3) is 0.650. The van der Waals surface area contributed by atoms with Crippen molar-refractivity contribution in [2.75, 3.05) is 19.7 Å². The Morgan fingerprint density at radius 2 is 1.88 bits per heavy atom. The third kappa shape index (κ3) is 5.91. The molecule has 1 amide bonds. The molecule has 1 heterocycles. The highest BCUT2D eigenvalue weighted by Gasteiger charge is 2.27. The summed E-state index contributed by atoms with van der Waals surface area (Å²) in [4.78, 5) is 14.3. The zero-order chi connectivity index (χ0) is 17.6. The number of piperidine rings is 1. The van der Waals surface area contributed by atoms with Gasteiger partial charge in [0.25, 0.3) is 0 Å². The first-order valence-electron chi connectivity index (χ1n) is 9.08. The van der Waals surface area contributed by atoms with Crippen LogP contribution >= 0.6 is 0 Å². The molecule has 0 unspecified atom stereocenters. The molecule has 0 spiro atoms. The predicted molar refractivity (Wildman–Crippen MR) is 97.7 cm³/mol. The lowest BCUT2D eigenvalue weighted by atomic mass is 9.91. The molecule has 1 aromatic rings. The maximum Gasteiger partial charge on any atom is 0.223 e. The van der Waals surface area contributed by atoms with Gasteiger partial charge in [-0.1, -0.05) is 51.1 Å². The normalized spacial score (nSPS) is 17.8. The van der Waals surface area contributed by atoms with Crippen molar-refractivity contribution < 1.29 is 9.90 Å². The predicted octanol–water partition coefficient (Wildman–Crippen LogP) is 3.13. The number of hydrogen-bond acceptors (Lipinski definition) is 3. The van der Waals surface area contributed by atoms with Crippen molar-refractivity contribution in [2.24, 2.45) is 5.41 Å². The van der Waals surface area contributed by atoms with Gasteiger partial charge < -0.3 is 15.3 Å². The average molecular weight is 332 g/mol. The van der Waals surface area contributed by atoms with E-state index < -0.39 is 0 Å². The molecule has 0 bridgehead atoms. The Morgan fingerprint density at radius 3 is 2.42 bits per heavy atom. The number of aliphatic hydroxyl groups excluding tert-OH is 1. The van der Waals surface area contributed by atoms with Crippen LogP contribution in [0.5, 0.6) is 0 Å². The Labute approximate surface area is 146 Å². The number of carbonyl (C=O) groups excluding carboxylic acids is 1. The summed E-state index contributed by atoms with van der Waals surface area (Å²) < 4.78 is 0. The van der Waals surface area contributed by atoms with Crippen molar-refractivity contribution in [1.29, 1.82) is 0 Å². The molecule has 4 nitrogen and oxygen atoms in total. The zero-order valence-corrected chi connectivity index (χ0v) is 15.3. The molecule has 1 aliphatic rings. The zero-order valence-electron chi connectivity index (χ0n) is 15.3. The van der Waals surface area contributed by atoms with Crippen LogP contribution in [0.4, 0.5) is 0 Å². The van der Waals surface area contributed by atoms with Gasteiger partial charge in [-0.15, -0.1) is 0 Å². The van der Waals surface area contributed by atoms with E-state index in [1.165, 1.54) is 5.56 Å². The molecule has 0 radical (unpaired) electrons. The summed E-state index contributed by atoms with van der Waals surface area (Å²) in [5.74, 6) is 0.274. The molecule has 1 saturated heterocycles. The van der Waals surface area contributed by atoms with Gasteiger partial charge >= 0.3 is 0 Å². The van der Waals surface area contributed by atoms with Crippen molar-refractivity contribution in [1.82, 2.24) is 10.2 Å². The third-order valence-corrected chi connectivity index (χ3v) is 4.59. The standard InChI is InChI=1S/C20H32N2O2/c1-20(2,3)15-19(24)22-12-9-17(10-13-22)21-18(11-14-23)16-7-5-4-6-8-16/h4-8,17-18,21,23H,9-15H2,1-3H3/t18-/m1/s1. The molecule has 0 saturated carbocycles. The van der Waals surface area contributed by atoms with E-state index in [4.69, 9.17) is 0 Å². The van der Waals surface area contributed by atoms with Crippen molar-refractivity contribution >= 4 is 5.91 Å². The van der Waals surface area contributed by atoms with E-state index in [-0.39, 0.29) is 24.0 Å². The van der Waals surface area contributed by atoms with Gasteiger partial charge in [0.1, 0.15) is 0 Å². The minimum atomic E-state index is 0.0473. The second-order valence-electron chi connectivity index (χ2n) is 8.03. The molecule has 2 N–H and O–H groups in total. The number of hydrogen-bond donors (Lipinski definition) is 2. The summed E-state index contributed by atoms with van der Waals surface area (Å²) >= 11 is 0. The minimum absolute atomic E-state index is 0.0473. The fourth-order valence-electron chi connectivity index (χ4n) is 3.31. The maximum atomic E-state index is 12.3. The monoisotopic (exact) mass is 332 g/mol. The van der Waals surface area contributed by atoms with Crippen LogP contribution in [0.2, 0.25) is 0 Å². The summed E-state index contributed by atoms with van der Waals surface area (Å²) in [7, 11) is 0. The lowest BCUT2D eigenvalue weighted by Gasteiger charge is -2.36. The minimum Gasteiger partial charge on any atom is -0.396 e. The van der Waals surface area contributed by atoms with Gasteiger partial charge in [-0.25, -0.2) is 0 Å². The maximum absolute atomic E-state index is 12.3. The van der Waals surface area contributed by atoms with E-state index in [2.05, 4.69) is 38.2 Å². The van der Waals surface area contributed by atoms with Gasteiger partial charge in [0.15, 0.2) is 0 Å². The van der Waals surface area contributed by atoms with Crippen molar-refractivity contribution in [3.05, 3.63) is 35.9 Å². The Kier molecular flexibility index (Phi) is 6.81. The molecular formula is C20H32N2O2. The van der Waals surface area contributed by atoms with Crippen LogP contribution < -0.4 is 5.32 Å². The van der Waals surface area contributed by atoms with Crippen LogP contribution in [-0.4, -0.2) is 41.7 Å². The average Bonchev–Trinajstić information content (AvgIpc) is 2.54. The topological polar surface area (TPSA) is 52.6 Å². The second-order valence-corrected chi connectivity index (χ2v) is 8.03. The molecule has 1 aliphatic heterocycles. The molecule has 24 heavy (non-hydrogen) atoms. The Balaban J connectivity index is 1.86. The summed E-state index contributed by atoms with van der Waals surface area (Å²) in [6, 6.07) is 10.9. The number of nitrogens with zero attached hydrogens (tertiary/aromatic N) is 1. The van der Waals surface area contributed by atoms with Crippen molar-refractivity contribution in [3.63, 3.8) is 0 Å². The second kappa shape index (κ2) is 8.63. The highest BCUT2D eigenvalue weighted by molar-refractivity contribution is 5.76. The SMILES string of the molecule is CC(C)(C)CC(=O)N1CCC(N[C@H](CCO)c2ccccc2)CC1. The van der Waals surface area contributed by atoms with Crippen LogP contribution in [0.3, 0.4) is 0 Å². The summed E-state index contributed by atoms with van der Waals surface area (Å²) in [6.07, 6.45) is 3.28. The summed E-state index contributed by atoms with van der Waals surface area (Å²) in [6.45, 7) is 8.16. The Bertz CT molecular complexity index is 502. The number of likely N-dealkylation sites (tertiary alicyclic amines) is 1. The van der Waals surface area contributed by atoms with E-state index in [9.17, 15) is 9.90 Å². The highest BCUT2D eigenvalue weighted by atomic mass is 16.3. The number of aliphatic hydroxyl groups is 1. The van der Waals surface area contributed by atoms with Crippen LogP contribution in [-0.2, 0) is 4.79 Å². The van der Waals surface area contributed by atoms with E-state index >= 15 is 0 Å². The Hall–Kier alpha value is -1.39. The lowest BCUT2D eigenvalue weighted by Crippen LogP contribution is -2.46. The molecule has 4 heteroatoms. The number of nitrogens with one attached hydrogen (secondary N) is 1. The van der Waals surface area contributed by atoms with E-state index in [1.54, 1.807) is 0 Å². The molecule has 1 aromatic carbocycles. The highest BCUT2D eigenvalue weighted by Crippen LogP contribution is 2.23. The molecular weight excluding hydrogens is 300 g/mol. The number of amides is 1. The first kappa shape index (κ1) is 18.9. The van der Waals surface area contributed by atoms with Gasteiger partial charge in [0.2, 0.25) is 5.91 Å². The summed E-state index contributed by atoms with van der Waals surface area (Å²) in [5.41, 5.74) is 1.27. The summed E-state index contributed by atoms with van der Waals surface area (Å²) in [5, 5.41) is 13.0. The van der Waals surface area contributed by atoms with Gasteiger partial charge in [-0.3, -0.25) is 4.79 Å². The van der Waals surface area contributed by atoms with E-state index in [1.807, 2.05) is 23.1 Å². The van der Waals surface area contributed by atoms with Gasteiger partial charge in [0, 0.05) is 38.2 Å². The number of carbonyl (C=O) groups is 1. The fourth-order valence-corrected chi connectivity index (χ4v) is 3.31. The van der Waals surface area contributed by atoms with Crippen molar-refractivity contribution in [3.8, 4) is 0 Å². The van der Waals surface area contributed by atoms with Gasteiger partial charge in [-0.05, 0) is 30.2 Å². The largest absolute Gasteiger partial charge is 0.396 e. The Morgan fingerprint density at radius 1 is 1.25 bits per heavy atom. The molecule has 0 aromatic heterocycles. The van der Waals surface area contributed by atoms with Crippen LogP contribution in [0.25, 0.3) is 0 Å². The van der Waals surface area contributed by atoms with Crippen LogP contribution in [0.15, 0.2) is 30.3 Å². The molecule has 2 rings (SSSR count). The van der Waals surface area contributed by atoms with Gasteiger partial charge in [-0.2, -0.15) is 0 Å². The first-order chi connectivity index (χ1) is 11.4. The molecule has 0 aliphatic carbocycles. The molecule has 1 atom stereocenters. The van der Waals surface area contributed by atoms with Gasteiger partial charge in [0.05, 0.1) is 0 Å². The first-order valence-corrected chi connectivity index (χ1v) is 9.08. The third-order valence-electron chi connectivity index (χ3n) is 4.59. The number of rotatable bonds is 6. The van der Waals surface area contributed by atoms with Crippen LogP contribution in [0.1, 0.15) is 58.1 Å². The van der Waals surface area contributed by atoms with E-state index in [0.29, 0.717) is 18.9 Å². The van der Waals surface area contributed by atoms with Crippen LogP contribution in [0, 0.1) is 5.41 Å². The lowest BCUT2D eigenvalue weighted by molar-refractivity contribution is -0.134. The number of benzene rings is 1. The molecule has 1 fully saturated rings. The molecule has 134 valence electrons. The smallest absolute Gasteiger partial charge is 0.223 e. The van der Waals surface area contributed by atoms with Crippen molar-refractivity contribution in [2.45, 2.75) is 58.5 Å². The van der Waals surface area contributed by atoms with E-state index in [0.717, 1.165) is 25.9 Å².